The summed E-state index contributed by atoms with van der Waals surface area (Å²) in [6, 6.07) is 5.38. The van der Waals surface area contributed by atoms with Gasteiger partial charge in [0, 0.05) is 12.6 Å². The number of carbonyl (C=O) groups is 2. The number of hydrogen-bond acceptors (Lipinski definition) is 3. The molecule has 1 aromatic carbocycles. The van der Waals surface area contributed by atoms with E-state index >= 15 is 0 Å². The number of hydrogen-bond donors (Lipinski definition) is 1. The van der Waals surface area contributed by atoms with Crippen molar-refractivity contribution in [2.75, 3.05) is 7.05 Å². The fourth-order valence-corrected chi connectivity index (χ4v) is 2.19. The van der Waals surface area contributed by atoms with Crippen molar-refractivity contribution in [3.05, 3.63) is 58.5 Å². The molecule has 2 aromatic rings. The van der Waals surface area contributed by atoms with Crippen molar-refractivity contribution in [2.45, 2.75) is 19.6 Å². The topological polar surface area (TPSA) is 70.8 Å². The first-order chi connectivity index (χ1) is 11.1. The van der Waals surface area contributed by atoms with Gasteiger partial charge in [-0.3, -0.25) is 4.79 Å². The van der Waals surface area contributed by atoms with Gasteiger partial charge >= 0.3 is 12.1 Å². The lowest BCUT2D eigenvalue weighted by atomic mass is 10.1. The van der Waals surface area contributed by atoms with Gasteiger partial charge in [0.1, 0.15) is 17.1 Å². The number of amides is 1. The van der Waals surface area contributed by atoms with E-state index in [1.165, 1.54) is 26.1 Å². The first-order valence-electron chi connectivity index (χ1n) is 6.85. The van der Waals surface area contributed by atoms with Crippen molar-refractivity contribution in [3.63, 3.8) is 0 Å². The number of benzene rings is 1. The van der Waals surface area contributed by atoms with Gasteiger partial charge in [0.25, 0.3) is 5.91 Å². The van der Waals surface area contributed by atoms with Gasteiger partial charge < -0.3 is 14.4 Å². The zero-order valence-electron chi connectivity index (χ0n) is 12.8. The third-order valence-corrected chi connectivity index (χ3v) is 3.38. The van der Waals surface area contributed by atoms with Gasteiger partial charge in [-0.15, -0.1) is 0 Å². The van der Waals surface area contributed by atoms with Crippen LogP contribution >= 0.6 is 0 Å². The average molecular weight is 341 g/mol. The molecule has 0 bridgehead atoms. The molecule has 0 radical (unpaired) electrons. The highest BCUT2D eigenvalue weighted by Crippen LogP contribution is 2.29. The second kappa shape index (κ2) is 6.38. The van der Waals surface area contributed by atoms with Crippen LogP contribution < -0.4 is 0 Å². The molecule has 24 heavy (non-hydrogen) atoms. The molecule has 0 unspecified atom stereocenters. The van der Waals surface area contributed by atoms with Crippen molar-refractivity contribution >= 4 is 11.9 Å². The van der Waals surface area contributed by atoms with Crippen LogP contribution in [-0.4, -0.2) is 28.9 Å². The van der Waals surface area contributed by atoms with Crippen LogP contribution in [0, 0.1) is 6.92 Å². The highest BCUT2D eigenvalue weighted by Gasteiger charge is 2.31. The Hall–Kier alpha value is -2.77. The van der Waals surface area contributed by atoms with Gasteiger partial charge in [-0.25, -0.2) is 4.79 Å². The Morgan fingerprint density at radius 3 is 2.46 bits per heavy atom. The van der Waals surface area contributed by atoms with Crippen LogP contribution in [0.15, 0.2) is 34.7 Å². The predicted molar refractivity (Wildman–Crippen MR) is 77.6 cm³/mol. The normalized spacial score (nSPS) is 11.4. The Morgan fingerprint density at radius 2 is 1.92 bits per heavy atom. The summed E-state index contributed by atoms with van der Waals surface area (Å²) in [7, 11) is 1.39. The van der Waals surface area contributed by atoms with E-state index in [0.29, 0.717) is 0 Å². The summed E-state index contributed by atoms with van der Waals surface area (Å²) in [6.45, 7) is 1.41. The van der Waals surface area contributed by atoms with E-state index in [0.717, 1.165) is 23.1 Å². The number of aromatic carboxylic acids is 1. The van der Waals surface area contributed by atoms with Gasteiger partial charge in [-0.2, -0.15) is 13.2 Å². The van der Waals surface area contributed by atoms with Crippen LogP contribution in [-0.2, 0) is 12.7 Å². The van der Waals surface area contributed by atoms with Gasteiger partial charge in [-0.1, -0.05) is 6.07 Å². The van der Waals surface area contributed by atoms with Crippen molar-refractivity contribution in [1.29, 1.82) is 0 Å². The van der Waals surface area contributed by atoms with Crippen molar-refractivity contribution in [1.82, 2.24) is 4.90 Å². The second-order valence-electron chi connectivity index (χ2n) is 5.23. The monoisotopic (exact) mass is 341 g/mol. The summed E-state index contributed by atoms with van der Waals surface area (Å²) in [5.74, 6) is -1.37. The van der Waals surface area contributed by atoms with Gasteiger partial charge in [0.15, 0.2) is 0 Å². The number of halogens is 3. The minimum absolute atomic E-state index is 0.0232. The van der Waals surface area contributed by atoms with E-state index < -0.39 is 23.6 Å². The Bertz CT molecular complexity index is 780. The quantitative estimate of drug-likeness (QED) is 0.923. The third kappa shape index (κ3) is 3.76. The van der Waals surface area contributed by atoms with Crippen LogP contribution in [0.5, 0.6) is 0 Å². The predicted octanol–water partition coefficient (Wildman–Crippen LogP) is 3.58. The first kappa shape index (κ1) is 17.6. The zero-order chi connectivity index (χ0) is 18.1. The van der Waals surface area contributed by atoms with Gasteiger partial charge in [0.2, 0.25) is 0 Å². The van der Waals surface area contributed by atoms with E-state index in [-0.39, 0.29) is 29.2 Å². The van der Waals surface area contributed by atoms with Crippen LogP contribution in [0.1, 0.15) is 37.8 Å². The molecule has 1 amide bonds. The molecular weight excluding hydrogens is 327 g/mol. The summed E-state index contributed by atoms with van der Waals surface area (Å²) in [5.41, 5.74) is -1.05. The fraction of sp³-hybridized carbons (Fsp3) is 0.250. The molecule has 128 valence electrons. The molecule has 1 aromatic heterocycles. The molecule has 0 aliphatic rings. The molecule has 0 atom stereocenters. The van der Waals surface area contributed by atoms with Gasteiger partial charge in [-0.05, 0) is 31.2 Å². The average Bonchev–Trinajstić information content (AvgIpc) is 2.86. The summed E-state index contributed by atoms with van der Waals surface area (Å²) >= 11 is 0. The lowest BCUT2D eigenvalue weighted by molar-refractivity contribution is -0.137. The van der Waals surface area contributed by atoms with Crippen molar-refractivity contribution < 1.29 is 32.3 Å². The number of carboxylic acids is 1. The molecule has 5 nitrogen and oxygen atoms in total. The molecule has 0 aliphatic carbocycles. The molecule has 8 heteroatoms. The van der Waals surface area contributed by atoms with Gasteiger partial charge in [0.05, 0.1) is 12.1 Å². The van der Waals surface area contributed by atoms with Crippen LogP contribution in [0.25, 0.3) is 0 Å². The lowest BCUT2D eigenvalue weighted by Crippen LogP contribution is -2.26. The summed E-state index contributed by atoms with van der Waals surface area (Å²) in [4.78, 5) is 24.4. The Kier molecular flexibility index (Phi) is 4.68. The number of furan rings is 1. The summed E-state index contributed by atoms with van der Waals surface area (Å²) in [6.07, 6.45) is -4.54. The molecule has 1 heterocycles. The van der Waals surface area contributed by atoms with Crippen LogP contribution in [0.2, 0.25) is 0 Å². The summed E-state index contributed by atoms with van der Waals surface area (Å²) < 4.78 is 43.4. The Balaban J connectivity index is 2.18. The molecule has 0 fully saturated rings. The van der Waals surface area contributed by atoms with Crippen LogP contribution in [0.4, 0.5) is 13.2 Å². The Labute approximate surface area is 135 Å². The minimum Gasteiger partial charge on any atom is -0.478 e. The van der Waals surface area contributed by atoms with E-state index in [1.54, 1.807) is 0 Å². The zero-order valence-corrected chi connectivity index (χ0v) is 12.8. The standard InChI is InChI=1S/C16H14F3NO4/c1-9-13(15(22)23)7-12(24-9)8-20(2)14(21)10-4-3-5-11(6-10)16(17,18)19/h3-7H,8H2,1-2H3,(H,22,23). The molecule has 0 aliphatic heterocycles. The maximum absolute atomic E-state index is 12.7. The number of aryl methyl sites for hydroxylation is 1. The minimum atomic E-state index is -4.54. The molecule has 0 saturated carbocycles. The number of carbonyl (C=O) groups excluding carboxylic acids is 1. The van der Waals surface area contributed by atoms with E-state index in [4.69, 9.17) is 9.52 Å². The SMILES string of the molecule is Cc1oc(CN(C)C(=O)c2cccc(C(F)(F)F)c2)cc1C(=O)O. The highest BCUT2D eigenvalue weighted by molar-refractivity contribution is 5.94. The molecule has 2 rings (SSSR count). The second-order valence-corrected chi connectivity index (χ2v) is 5.23. The van der Waals surface area contributed by atoms with Crippen molar-refractivity contribution in [2.24, 2.45) is 0 Å². The summed E-state index contributed by atoms with van der Waals surface area (Å²) in [5, 5.41) is 8.96. The first-order valence-corrected chi connectivity index (χ1v) is 6.85. The largest absolute Gasteiger partial charge is 0.478 e. The van der Waals surface area contributed by atoms with Crippen LogP contribution in [0.3, 0.4) is 0 Å². The number of nitrogens with zero attached hydrogens (tertiary/aromatic N) is 1. The molecule has 0 spiro atoms. The highest BCUT2D eigenvalue weighted by atomic mass is 19.4. The molecule has 0 saturated heterocycles. The van der Waals surface area contributed by atoms with E-state index in [9.17, 15) is 22.8 Å². The number of carboxylic acid groups (broad SMARTS) is 1. The number of alkyl halides is 3. The fourth-order valence-electron chi connectivity index (χ4n) is 2.19. The van der Waals surface area contributed by atoms with Crippen molar-refractivity contribution in [3.8, 4) is 0 Å². The lowest BCUT2D eigenvalue weighted by Gasteiger charge is -2.16. The van der Waals surface area contributed by atoms with E-state index in [1.807, 2.05) is 0 Å². The maximum Gasteiger partial charge on any atom is 0.416 e. The molecule has 1 N–H and O–H groups in total. The Morgan fingerprint density at radius 1 is 1.25 bits per heavy atom. The van der Waals surface area contributed by atoms with E-state index in [2.05, 4.69) is 0 Å². The smallest absolute Gasteiger partial charge is 0.416 e. The molecular formula is C16H14F3NO4. The maximum atomic E-state index is 12.7. The third-order valence-electron chi connectivity index (χ3n) is 3.38. The number of rotatable bonds is 4.